The van der Waals surface area contributed by atoms with Gasteiger partial charge in [-0.25, -0.2) is 4.98 Å². The quantitative estimate of drug-likeness (QED) is 0.148. The number of benzene rings is 2. The summed E-state index contributed by atoms with van der Waals surface area (Å²) in [6.07, 6.45) is 0. The van der Waals surface area contributed by atoms with Crippen molar-refractivity contribution in [3.63, 3.8) is 0 Å². The van der Waals surface area contributed by atoms with Crippen molar-refractivity contribution in [1.29, 1.82) is 5.26 Å². The van der Waals surface area contributed by atoms with Gasteiger partial charge in [-0.2, -0.15) is 5.26 Å². The first-order valence-electron chi connectivity index (χ1n) is 7.95. The van der Waals surface area contributed by atoms with Gasteiger partial charge in [0.2, 0.25) is 0 Å². The number of anilines is 1. The molecule has 3 aromatic rings. The minimum Gasteiger partial charge on any atom is -1.00 e. The van der Waals surface area contributed by atoms with Gasteiger partial charge in [-0.05, 0) is 12.1 Å². The van der Waals surface area contributed by atoms with E-state index < -0.39 is 0 Å². The number of hydrogen-bond donors (Lipinski definition) is 5. The Hall–Kier alpha value is -1.49. The first-order chi connectivity index (χ1) is 11.8. The minimum atomic E-state index is 0. The fraction of sp³-hybridized carbons (Fsp3) is 0.263. The molecule has 0 aliphatic heterocycles. The second-order valence-corrected chi connectivity index (χ2v) is 5.15. The van der Waals surface area contributed by atoms with Crippen LogP contribution in [0.1, 0.15) is 6.92 Å². The number of pyridine rings is 1. The molecule has 29 heavy (non-hydrogen) atoms. The number of rotatable bonds is 6. The molecule has 0 bridgehead atoms. The summed E-state index contributed by atoms with van der Waals surface area (Å²) in [5.41, 5.74) is 3.13. The zero-order chi connectivity index (χ0) is 17.2. The van der Waals surface area contributed by atoms with Gasteiger partial charge in [-0.3, -0.25) is 0 Å². The maximum Gasteiger partial charge on any atom is 2.00 e. The molecule has 10 heteroatoms. The maximum atomic E-state index is 8.77. The molecule has 0 aliphatic carbocycles. The zero-order valence-electron chi connectivity index (χ0n) is 16.3. The largest absolute Gasteiger partial charge is 2.00 e. The van der Waals surface area contributed by atoms with Crippen LogP contribution in [0, 0.1) is 11.3 Å². The van der Waals surface area contributed by atoms with Gasteiger partial charge in [-0.15, -0.1) is 0 Å². The number of nitrogens with one attached hydrogen (secondary N) is 2. The molecule has 0 saturated carbocycles. The number of aliphatic hydroxyl groups excluding tert-OH is 1. The molecule has 7 nitrogen and oxygen atoms in total. The van der Waals surface area contributed by atoms with Crippen molar-refractivity contribution in [2.45, 2.75) is 6.92 Å². The number of aromatic nitrogens is 1. The molecule has 0 radical (unpaired) electrons. The summed E-state index contributed by atoms with van der Waals surface area (Å²) in [6.45, 7) is 3.84. The molecule has 0 spiro atoms. The molecule has 3 rings (SSSR count). The summed E-state index contributed by atoms with van der Waals surface area (Å²) in [5, 5.41) is 25.0. The number of fused-ring (bicyclic) bond motifs is 2. The Kier molecular flexibility index (Phi) is 23.9. The van der Waals surface area contributed by atoms with Gasteiger partial charge < -0.3 is 52.9 Å². The predicted molar refractivity (Wildman–Crippen MR) is 109 cm³/mol. The molecule has 0 fully saturated rings. The standard InChI is InChI=1S/C17H19N3O.C2H3N.2ClH.2H3N.Pt/c21-12-11-18-9-10-19-17-13-5-1-3-7-15(13)20-16-8-4-2-6-14(16)17;1-2-3;;;;;/h1-8,18,21H,9-12H2,(H,19,20);1H3;2*1H;2*1H3;/q;;;;;;+2/p-2. The van der Waals surface area contributed by atoms with Crippen molar-refractivity contribution >= 4 is 27.5 Å². The van der Waals surface area contributed by atoms with Crippen LogP contribution in [-0.4, -0.2) is 36.3 Å². The Bertz CT molecular complexity index is 794. The van der Waals surface area contributed by atoms with Crippen LogP contribution >= 0.6 is 0 Å². The van der Waals surface area contributed by atoms with Gasteiger partial charge >= 0.3 is 21.1 Å². The van der Waals surface area contributed by atoms with Gasteiger partial charge in [0, 0.05) is 37.3 Å². The van der Waals surface area contributed by atoms with Gasteiger partial charge in [0.25, 0.3) is 0 Å². The van der Waals surface area contributed by atoms with Crippen molar-refractivity contribution in [3.05, 3.63) is 48.5 Å². The third-order valence-corrected chi connectivity index (χ3v) is 3.48. The third-order valence-electron chi connectivity index (χ3n) is 3.48. The molecule has 0 amide bonds. The van der Waals surface area contributed by atoms with Gasteiger partial charge in [0.1, 0.15) is 0 Å². The number of para-hydroxylation sites is 2. The number of hydrogen-bond acceptors (Lipinski definition) is 7. The van der Waals surface area contributed by atoms with Gasteiger partial charge in [0.15, 0.2) is 0 Å². The van der Waals surface area contributed by atoms with Gasteiger partial charge in [-0.1, -0.05) is 36.4 Å². The summed E-state index contributed by atoms with van der Waals surface area (Å²) in [4.78, 5) is 4.71. The van der Waals surface area contributed by atoms with Crippen LogP contribution in [0.4, 0.5) is 5.69 Å². The Morgan fingerprint density at radius 3 is 1.79 bits per heavy atom. The summed E-state index contributed by atoms with van der Waals surface area (Å²) in [7, 11) is 0. The van der Waals surface area contributed by atoms with Crippen molar-refractivity contribution in [1.82, 2.24) is 22.6 Å². The first-order valence-corrected chi connectivity index (χ1v) is 7.95. The van der Waals surface area contributed by atoms with Crippen molar-refractivity contribution in [3.8, 4) is 6.07 Å². The second-order valence-electron chi connectivity index (χ2n) is 5.15. The third kappa shape index (κ3) is 10.2. The summed E-state index contributed by atoms with van der Waals surface area (Å²) in [5.74, 6) is 0. The molecule has 9 N–H and O–H groups in total. The molecule has 1 aromatic heterocycles. The second kappa shape index (κ2) is 19.8. The monoisotopic (exact) mass is 621 g/mol. The molecule has 0 unspecified atom stereocenters. The van der Waals surface area contributed by atoms with Crippen LogP contribution in [0.3, 0.4) is 0 Å². The molecule has 2 aromatic carbocycles. The Balaban J connectivity index is -0.000000369. The number of nitriles is 1. The van der Waals surface area contributed by atoms with Crippen LogP contribution < -0.4 is 47.7 Å². The maximum absolute atomic E-state index is 8.77. The number of aliphatic hydroxyl groups is 1. The fourth-order valence-electron chi connectivity index (χ4n) is 2.51. The molecule has 0 saturated heterocycles. The molecule has 164 valence electrons. The SMILES string of the molecule is CC#N.N.N.OCCNCCNc1c2ccccc2nc2ccccc12.[Cl-].[Cl-].[Pt+2]. The number of halogens is 2. The van der Waals surface area contributed by atoms with E-state index in [2.05, 4.69) is 22.8 Å². The minimum absolute atomic E-state index is 0. The molecular weight excluding hydrogens is 594 g/mol. The molecule has 0 aliphatic rings. The van der Waals surface area contributed by atoms with E-state index in [-0.39, 0.29) is 64.8 Å². The molecular formula is C19H28Cl2N6OPt. The Morgan fingerprint density at radius 1 is 0.897 bits per heavy atom. The van der Waals surface area contributed by atoms with E-state index in [9.17, 15) is 0 Å². The van der Waals surface area contributed by atoms with Crippen LogP contribution in [0.2, 0.25) is 0 Å². The smallest absolute Gasteiger partial charge is 1.00 e. The summed E-state index contributed by atoms with van der Waals surface area (Å²) >= 11 is 0. The van der Waals surface area contributed by atoms with E-state index in [0.29, 0.717) is 6.54 Å². The normalized spacial score (nSPS) is 8.31. The van der Waals surface area contributed by atoms with E-state index in [4.69, 9.17) is 15.4 Å². The van der Waals surface area contributed by atoms with Crippen molar-refractivity contribution in [2.75, 3.05) is 31.6 Å². The van der Waals surface area contributed by atoms with Crippen LogP contribution in [0.25, 0.3) is 21.8 Å². The fourth-order valence-corrected chi connectivity index (χ4v) is 2.51. The zero-order valence-corrected chi connectivity index (χ0v) is 20.1. The van der Waals surface area contributed by atoms with E-state index >= 15 is 0 Å². The van der Waals surface area contributed by atoms with Crippen LogP contribution in [0.5, 0.6) is 0 Å². The van der Waals surface area contributed by atoms with Crippen molar-refractivity contribution < 1.29 is 51.0 Å². The van der Waals surface area contributed by atoms with Crippen LogP contribution in [-0.2, 0) is 21.1 Å². The number of nitrogens with zero attached hydrogens (tertiary/aromatic N) is 2. The van der Waals surface area contributed by atoms with E-state index in [1.165, 1.54) is 6.92 Å². The van der Waals surface area contributed by atoms with E-state index in [0.717, 1.165) is 40.6 Å². The summed E-state index contributed by atoms with van der Waals surface area (Å²) < 4.78 is 0. The van der Waals surface area contributed by atoms with E-state index in [1.54, 1.807) is 6.07 Å². The average molecular weight is 622 g/mol. The average Bonchev–Trinajstić information content (AvgIpc) is 2.61. The van der Waals surface area contributed by atoms with Crippen LogP contribution in [0.15, 0.2) is 48.5 Å². The van der Waals surface area contributed by atoms with Crippen molar-refractivity contribution in [2.24, 2.45) is 0 Å². The topological polar surface area (TPSA) is 151 Å². The van der Waals surface area contributed by atoms with E-state index in [1.807, 2.05) is 36.4 Å². The first kappa shape index (κ1) is 35.0. The Morgan fingerprint density at radius 2 is 1.34 bits per heavy atom. The van der Waals surface area contributed by atoms with Gasteiger partial charge in [0.05, 0.1) is 29.4 Å². The Labute approximate surface area is 198 Å². The predicted octanol–water partition coefficient (Wildman–Crippen LogP) is -2.76. The molecule has 0 atom stereocenters. The molecule has 1 heterocycles. The summed E-state index contributed by atoms with van der Waals surface area (Å²) in [6, 6.07) is 18.1.